The smallest absolute Gasteiger partial charge is 0.315 e. The summed E-state index contributed by atoms with van der Waals surface area (Å²) >= 11 is 0. The Morgan fingerprint density at radius 3 is 2.70 bits per heavy atom. The first kappa shape index (κ1) is 16.8. The van der Waals surface area contributed by atoms with Crippen molar-refractivity contribution in [2.24, 2.45) is 11.8 Å². The van der Waals surface area contributed by atoms with E-state index in [9.17, 15) is 9.59 Å². The standard InChI is InChI=1S/C15H28N2O3/c1-11(2)8-9-12-5-3-6-13(12)17-15(20)16-10-4-7-14(18)19/h11-13H,3-10H2,1-2H3,(H,18,19)(H2,16,17,20). The van der Waals surface area contributed by atoms with Crippen LogP contribution in [0, 0.1) is 11.8 Å². The van der Waals surface area contributed by atoms with Crippen LogP contribution in [0.1, 0.15) is 58.8 Å². The number of amides is 2. The van der Waals surface area contributed by atoms with Crippen molar-refractivity contribution in [3.63, 3.8) is 0 Å². The lowest BCUT2D eigenvalue weighted by atomic mass is 9.94. The molecule has 2 amide bonds. The fraction of sp³-hybridized carbons (Fsp3) is 0.867. The van der Waals surface area contributed by atoms with Gasteiger partial charge in [-0.2, -0.15) is 0 Å². The molecule has 1 aliphatic rings. The molecule has 1 rings (SSSR count). The third-order valence-corrected chi connectivity index (χ3v) is 3.94. The largest absolute Gasteiger partial charge is 0.481 e. The van der Waals surface area contributed by atoms with E-state index in [1.54, 1.807) is 0 Å². The number of aliphatic carboxylic acids is 1. The molecule has 0 spiro atoms. The number of carbonyl (C=O) groups is 2. The van der Waals surface area contributed by atoms with Crippen LogP contribution in [0.4, 0.5) is 4.79 Å². The molecule has 2 atom stereocenters. The maximum absolute atomic E-state index is 11.8. The molecule has 0 aliphatic heterocycles. The third kappa shape index (κ3) is 6.78. The first-order valence-corrected chi connectivity index (χ1v) is 7.75. The van der Waals surface area contributed by atoms with E-state index in [4.69, 9.17) is 5.11 Å². The molecule has 116 valence electrons. The molecular formula is C15H28N2O3. The number of carboxylic acids is 1. The first-order chi connectivity index (χ1) is 9.49. The van der Waals surface area contributed by atoms with Crippen LogP contribution in [0.2, 0.25) is 0 Å². The lowest BCUT2D eigenvalue weighted by molar-refractivity contribution is -0.137. The van der Waals surface area contributed by atoms with Crippen molar-refractivity contribution in [2.45, 2.75) is 64.8 Å². The van der Waals surface area contributed by atoms with E-state index in [0.717, 1.165) is 6.42 Å². The Balaban J connectivity index is 2.20. The van der Waals surface area contributed by atoms with Gasteiger partial charge in [0.2, 0.25) is 0 Å². The average molecular weight is 284 g/mol. The summed E-state index contributed by atoms with van der Waals surface area (Å²) in [6.07, 6.45) is 6.42. The first-order valence-electron chi connectivity index (χ1n) is 7.75. The van der Waals surface area contributed by atoms with Crippen molar-refractivity contribution in [3.8, 4) is 0 Å². The Bertz CT molecular complexity index is 318. The molecule has 0 radical (unpaired) electrons. The summed E-state index contributed by atoms with van der Waals surface area (Å²) in [7, 11) is 0. The van der Waals surface area contributed by atoms with E-state index in [1.165, 1.54) is 25.7 Å². The van der Waals surface area contributed by atoms with Crippen molar-refractivity contribution in [1.82, 2.24) is 10.6 Å². The molecule has 3 N–H and O–H groups in total. The van der Waals surface area contributed by atoms with Crippen molar-refractivity contribution in [1.29, 1.82) is 0 Å². The highest BCUT2D eigenvalue weighted by atomic mass is 16.4. The summed E-state index contributed by atoms with van der Waals surface area (Å²) in [4.78, 5) is 22.1. The molecule has 1 saturated carbocycles. The number of hydrogen-bond donors (Lipinski definition) is 3. The summed E-state index contributed by atoms with van der Waals surface area (Å²) in [5, 5.41) is 14.3. The highest BCUT2D eigenvalue weighted by Crippen LogP contribution is 2.30. The van der Waals surface area contributed by atoms with Crippen LogP contribution in [-0.2, 0) is 4.79 Å². The predicted molar refractivity (Wildman–Crippen MR) is 78.6 cm³/mol. The summed E-state index contributed by atoms with van der Waals surface area (Å²) in [5.41, 5.74) is 0. The normalized spacial score (nSPS) is 21.9. The van der Waals surface area contributed by atoms with Crippen molar-refractivity contribution >= 4 is 12.0 Å². The highest BCUT2D eigenvalue weighted by Gasteiger charge is 2.28. The average Bonchev–Trinajstić information content (AvgIpc) is 2.79. The second-order valence-electron chi connectivity index (χ2n) is 6.17. The fourth-order valence-corrected chi connectivity index (χ4v) is 2.78. The Morgan fingerprint density at radius 2 is 2.05 bits per heavy atom. The molecule has 0 bridgehead atoms. The Morgan fingerprint density at radius 1 is 1.30 bits per heavy atom. The summed E-state index contributed by atoms with van der Waals surface area (Å²) < 4.78 is 0. The lowest BCUT2D eigenvalue weighted by Gasteiger charge is -2.22. The van der Waals surface area contributed by atoms with Crippen LogP contribution < -0.4 is 10.6 Å². The zero-order chi connectivity index (χ0) is 15.0. The molecule has 0 aromatic heterocycles. The van der Waals surface area contributed by atoms with E-state index in [2.05, 4.69) is 24.5 Å². The van der Waals surface area contributed by atoms with Crippen LogP contribution >= 0.6 is 0 Å². The molecule has 20 heavy (non-hydrogen) atoms. The van der Waals surface area contributed by atoms with Crippen molar-refractivity contribution in [2.75, 3.05) is 6.54 Å². The monoisotopic (exact) mass is 284 g/mol. The van der Waals surface area contributed by atoms with Gasteiger partial charge < -0.3 is 15.7 Å². The molecule has 1 aliphatic carbocycles. The van der Waals surface area contributed by atoms with Crippen LogP contribution in [-0.4, -0.2) is 29.7 Å². The lowest BCUT2D eigenvalue weighted by Crippen LogP contribution is -2.44. The van der Waals surface area contributed by atoms with Crippen LogP contribution in [0.5, 0.6) is 0 Å². The number of nitrogens with one attached hydrogen (secondary N) is 2. The van der Waals surface area contributed by atoms with Crippen LogP contribution in [0.3, 0.4) is 0 Å². The summed E-state index contributed by atoms with van der Waals surface area (Å²) in [6, 6.07) is 0.130. The molecule has 1 fully saturated rings. The number of hydrogen-bond acceptors (Lipinski definition) is 2. The van der Waals surface area contributed by atoms with Gasteiger partial charge in [-0.3, -0.25) is 4.79 Å². The topological polar surface area (TPSA) is 78.4 Å². The summed E-state index contributed by atoms with van der Waals surface area (Å²) in [5.74, 6) is 0.486. The van der Waals surface area contributed by atoms with Crippen LogP contribution in [0.15, 0.2) is 0 Å². The molecule has 0 heterocycles. The van der Waals surface area contributed by atoms with Gasteiger partial charge in [-0.1, -0.05) is 26.7 Å². The zero-order valence-corrected chi connectivity index (χ0v) is 12.7. The zero-order valence-electron chi connectivity index (χ0n) is 12.7. The molecule has 0 aromatic carbocycles. The molecular weight excluding hydrogens is 256 g/mol. The third-order valence-electron chi connectivity index (χ3n) is 3.94. The van der Waals surface area contributed by atoms with Gasteiger partial charge in [0.25, 0.3) is 0 Å². The van der Waals surface area contributed by atoms with E-state index in [0.29, 0.717) is 24.8 Å². The van der Waals surface area contributed by atoms with E-state index >= 15 is 0 Å². The maximum Gasteiger partial charge on any atom is 0.315 e. The molecule has 0 saturated heterocycles. The quantitative estimate of drug-likeness (QED) is 0.600. The van der Waals surface area contributed by atoms with E-state index in [1.807, 2.05) is 0 Å². The van der Waals surface area contributed by atoms with Gasteiger partial charge in [0.05, 0.1) is 0 Å². The minimum absolute atomic E-state index is 0.0979. The van der Waals surface area contributed by atoms with Gasteiger partial charge in [0.1, 0.15) is 0 Å². The number of carboxylic acid groups (broad SMARTS) is 1. The fourth-order valence-electron chi connectivity index (χ4n) is 2.78. The summed E-state index contributed by atoms with van der Waals surface area (Å²) in [6.45, 7) is 4.88. The van der Waals surface area contributed by atoms with Gasteiger partial charge in [0, 0.05) is 19.0 Å². The highest BCUT2D eigenvalue weighted by molar-refractivity contribution is 5.74. The Hall–Kier alpha value is -1.26. The predicted octanol–water partition coefficient (Wildman–Crippen LogP) is 2.76. The van der Waals surface area contributed by atoms with Gasteiger partial charge in [0.15, 0.2) is 0 Å². The Labute approximate surface area is 121 Å². The second-order valence-corrected chi connectivity index (χ2v) is 6.17. The molecule has 5 nitrogen and oxygen atoms in total. The number of carbonyl (C=O) groups excluding carboxylic acids is 1. The van der Waals surface area contributed by atoms with Crippen LogP contribution in [0.25, 0.3) is 0 Å². The maximum atomic E-state index is 11.8. The minimum atomic E-state index is -0.822. The van der Waals surface area contributed by atoms with Gasteiger partial charge >= 0.3 is 12.0 Å². The second kappa shape index (κ2) is 8.82. The van der Waals surface area contributed by atoms with Crippen molar-refractivity contribution in [3.05, 3.63) is 0 Å². The van der Waals surface area contributed by atoms with Crippen molar-refractivity contribution < 1.29 is 14.7 Å². The number of urea groups is 1. The number of rotatable bonds is 8. The Kier molecular flexibility index (Phi) is 7.41. The SMILES string of the molecule is CC(C)CCC1CCCC1NC(=O)NCCCC(=O)O. The minimum Gasteiger partial charge on any atom is -0.481 e. The van der Waals surface area contributed by atoms with Gasteiger partial charge in [-0.25, -0.2) is 4.79 Å². The van der Waals surface area contributed by atoms with E-state index in [-0.39, 0.29) is 18.5 Å². The molecule has 2 unspecified atom stereocenters. The van der Waals surface area contributed by atoms with Gasteiger partial charge in [-0.05, 0) is 37.5 Å². The van der Waals surface area contributed by atoms with Gasteiger partial charge in [-0.15, -0.1) is 0 Å². The molecule has 0 aromatic rings. The van der Waals surface area contributed by atoms with E-state index < -0.39 is 5.97 Å². The molecule has 5 heteroatoms.